The van der Waals surface area contributed by atoms with Crippen molar-refractivity contribution in [3.8, 4) is 11.5 Å². The number of hydrogen-bond acceptors (Lipinski definition) is 8. The van der Waals surface area contributed by atoms with Crippen LogP contribution in [0.15, 0.2) is 41.3 Å². The fourth-order valence-electron chi connectivity index (χ4n) is 4.22. The van der Waals surface area contributed by atoms with E-state index < -0.39 is 16.1 Å². The number of thioether (sulfide) groups is 1. The van der Waals surface area contributed by atoms with Gasteiger partial charge in [-0.1, -0.05) is 25.0 Å². The first-order chi connectivity index (χ1) is 18.3. The fraction of sp³-hybridized carbons (Fsp3) is 0.346. The Hall–Kier alpha value is -3.13. The SMILES string of the molecule is COc1cc(C=C2SC(=O)N(CC(=O)N3CCCCCC3)C2=O)cc(I)c1OCc1cccc([N+](=O)[O-])c1. The van der Waals surface area contributed by atoms with Gasteiger partial charge in [-0.05, 0) is 76.5 Å². The van der Waals surface area contributed by atoms with E-state index in [2.05, 4.69) is 22.6 Å². The maximum absolute atomic E-state index is 13.0. The van der Waals surface area contributed by atoms with Gasteiger partial charge in [-0.3, -0.25) is 29.4 Å². The third-order valence-electron chi connectivity index (χ3n) is 6.18. The number of non-ortho nitro benzene ring substituents is 1. The molecule has 200 valence electrons. The molecular formula is C26H26IN3O7S. The van der Waals surface area contributed by atoms with Crippen molar-refractivity contribution in [1.82, 2.24) is 9.80 Å². The summed E-state index contributed by atoms with van der Waals surface area (Å²) in [5, 5.41) is 10.6. The van der Waals surface area contributed by atoms with Crippen LogP contribution < -0.4 is 9.47 Å². The van der Waals surface area contributed by atoms with Gasteiger partial charge in [0.05, 0.1) is 20.5 Å². The minimum Gasteiger partial charge on any atom is -0.493 e. The number of rotatable bonds is 8. The number of nitro groups is 1. The molecule has 2 aliphatic rings. The van der Waals surface area contributed by atoms with E-state index >= 15 is 0 Å². The van der Waals surface area contributed by atoms with Crippen LogP contribution in [0.2, 0.25) is 0 Å². The number of likely N-dealkylation sites (tertiary alicyclic amines) is 1. The summed E-state index contributed by atoms with van der Waals surface area (Å²) >= 11 is 2.88. The molecule has 0 aromatic heterocycles. The predicted octanol–water partition coefficient (Wildman–Crippen LogP) is 5.23. The predicted molar refractivity (Wildman–Crippen MR) is 151 cm³/mol. The molecule has 2 aromatic rings. The Balaban J connectivity index is 1.47. The highest BCUT2D eigenvalue weighted by Gasteiger charge is 2.37. The van der Waals surface area contributed by atoms with Crippen molar-refractivity contribution in [1.29, 1.82) is 0 Å². The van der Waals surface area contributed by atoms with E-state index in [1.807, 2.05) is 0 Å². The number of carbonyl (C=O) groups is 3. The van der Waals surface area contributed by atoms with Gasteiger partial charge in [-0.25, -0.2) is 0 Å². The Kier molecular flexibility index (Phi) is 9.26. The van der Waals surface area contributed by atoms with Crippen LogP contribution in [0.1, 0.15) is 36.8 Å². The van der Waals surface area contributed by atoms with Gasteiger partial charge in [0.1, 0.15) is 13.2 Å². The lowest BCUT2D eigenvalue weighted by Crippen LogP contribution is -2.42. The summed E-state index contributed by atoms with van der Waals surface area (Å²) in [4.78, 5) is 51.8. The Labute approximate surface area is 237 Å². The van der Waals surface area contributed by atoms with Crippen LogP contribution in [0.5, 0.6) is 11.5 Å². The molecule has 0 spiro atoms. The summed E-state index contributed by atoms with van der Waals surface area (Å²) in [6.07, 6.45) is 5.61. The lowest BCUT2D eigenvalue weighted by molar-refractivity contribution is -0.384. The molecule has 2 aliphatic heterocycles. The smallest absolute Gasteiger partial charge is 0.294 e. The Morgan fingerprint density at radius 3 is 2.58 bits per heavy atom. The Bertz CT molecular complexity index is 1290. The van der Waals surface area contributed by atoms with Gasteiger partial charge in [0, 0.05) is 25.2 Å². The van der Waals surface area contributed by atoms with E-state index in [1.165, 1.54) is 19.2 Å². The van der Waals surface area contributed by atoms with Crippen LogP contribution in [0.3, 0.4) is 0 Å². The summed E-state index contributed by atoms with van der Waals surface area (Å²) < 4.78 is 12.1. The summed E-state index contributed by atoms with van der Waals surface area (Å²) in [6, 6.07) is 9.64. The number of benzene rings is 2. The molecule has 38 heavy (non-hydrogen) atoms. The largest absolute Gasteiger partial charge is 0.493 e. The van der Waals surface area contributed by atoms with Crippen molar-refractivity contribution in [2.24, 2.45) is 0 Å². The maximum atomic E-state index is 13.0. The van der Waals surface area contributed by atoms with Crippen molar-refractivity contribution in [3.05, 3.63) is 66.1 Å². The van der Waals surface area contributed by atoms with Crippen molar-refractivity contribution < 1.29 is 28.8 Å². The standard InChI is InChI=1S/C26H26IN3O7S/c1-36-21-13-18(12-20(27)24(21)37-16-17-7-6-8-19(11-17)30(34)35)14-22-25(32)29(26(33)38-22)15-23(31)28-9-4-2-3-5-10-28/h6-8,11-14H,2-5,9-10,15-16H2,1H3. The number of carbonyl (C=O) groups excluding carboxylic acids is 3. The van der Waals surface area contributed by atoms with E-state index in [-0.39, 0.29) is 29.7 Å². The zero-order valence-corrected chi connectivity index (χ0v) is 23.7. The van der Waals surface area contributed by atoms with Gasteiger partial charge in [0.25, 0.3) is 16.8 Å². The first kappa shape index (κ1) is 27.9. The molecule has 0 bridgehead atoms. The van der Waals surface area contributed by atoms with Gasteiger partial charge < -0.3 is 14.4 Å². The third kappa shape index (κ3) is 6.65. The maximum Gasteiger partial charge on any atom is 0.294 e. The van der Waals surface area contributed by atoms with Crippen LogP contribution in [0.4, 0.5) is 10.5 Å². The number of halogens is 1. The molecule has 4 rings (SSSR count). The first-order valence-electron chi connectivity index (χ1n) is 12.0. The number of hydrogen-bond donors (Lipinski definition) is 0. The summed E-state index contributed by atoms with van der Waals surface area (Å²) in [5.74, 6) is 0.150. The lowest BCUT2D eigenvalue weighted by Gasteiger charge is -2.22. The third-order valence-corrected chi connectivity index (χ3v) is 7.89. The minimum absolute atomic E-state index is 0.0230. The highest BCUT2D eigenvalue weighted by atomic mass is 127. The topological polar surface area (TPSA) is 119 Å². The van der Waals surface area contributed by atoms with Crippen LogP contribution in [0, 0.1) is 13.7 Å². The molecule has 0 radical (unpaired) electrons. The van der Waals surface area contributed by atoms with Gasteiger partial charge in [-0.2, -0.15) is 0 Å². The second-order valence-corrected chi connectivity index (χ2v) is 11.0. The summed E-state index contributed by atoms with van der Waals surface area (Å²) in [5.41, 5.74) is 1.23. The van der Waals surface area contributed by atoms with Crippen LogP contribution in [-0.4, -0.2) is 58.5 Å². The molecular weight excluding hydrogens is 625 g/mol. The molecule has 2 saturated heterocycles. The summed E-state index contributed by atoms with van der Waals surface area (Å²) in [6.45, 7) is 1.14. The molecule has 2 heterocycles. The molecule has 2 aromatic carbocycles. The molecule has 0 N–H and O–H groups in total. The van der Waals surface area contributed by atoms with E-state index in [0.29, 0.717) is 39.3 Å². The van der Waals surface area contributed by atoms with E-state index in [9.17, 15) is 24.5 Å². The van der Waals surface area contributed by atoms with Gasteiger partial charge in [0.15, 0.2) is 11.5 Å². The van der Waals surface area contributed by atoms with Gasteiger partial charge in [-0.15, -0.1) is 0 Å². The molecule has 3 amide bonds. The second-order valence-electron chi connectivity index (χ2n) is 8.81. The lowest BCUT2D eigenvalue weighted by atomic mass is 10.1. The molecule has 0 atom stereocenters. The van der Waals surface area contributed by atoms with E-state index in [4.69, 9.17) is 9.47 Å². The van der Waals surface area contributed by atoms with Crippen LogP contribution >= 0.6 is 34.4 Å². The van der Waals surface area contributed by atoms with Crippen molar-refractivity contribution in [2.45, 2.75) is 32.3 Å². The zero-order valence-electron chi connectivity index (χ0n) is 20.7. The average Bonchev–Trinajstić information content (AvgIpc) is 3.08. The molecule has 12 heteroatoms. The first-order valence-corrected chi connectivity index (χ1v) is 13.9. The van der Waals surface area contributed by atoms with Crippen LogP contribution in [-0.2, 0) is 16.2 Å². The van der Waals surface area contributed by atoms with E-state index in [1.54, 1.807) is 35.2 Å². The monoisotopic (exact) mass is 651 g/mol. The van der Waals surface area contributed by atoms with Crippen molar-refractivity contribution in [2.75, 3.05) is 26.7 Å². The number of methoxy groups -OCH3 is 1. The number of nitrogens with zero attached hydrogens (tertiary/aromatic N) is 3. The second kappa shape index (κ2) is 12.6. The average molecular weight is 651 g/mol. The normalized spacial score (nSPS) is 17.1. The molecule has 0 saturated carbocycles. The van der Waals surface area contributed by atoms with Gasteiger partial charge in [0.2, 0.25) is 5.91 Å². The zero-order chi connectivity index (χ0) is 27.2. The fourth-order valence-corrected chi connectivity index (χ4v) is 5.84. The Morgan fingerprint density at radius 1 is 1.16 bits per heavy atom. The highest BCUT2D eigenvalue weighted by Crippen LogP contribution is 2.37. The molecule has 0 unspecified atom stereocenters. The molecule has 0 aliphatic carbocycles. The van der Waals surface area contributed by atoms with Gasteiger partial charge >= 0.3 is 0 Å². The minimum atomic E-state index is -0.497. The molecule has 2 fully saturated rings. The number of amides is 3. The van der Waals surface area contributed by atoms with Crippen molar-refractivity contribution >= 4 is 63.2 Å². The summed E-state index contributed by atoms with van der Waals surface area (Å²) in [7, 11) is 1.48. The number of nitro benzene ring substituents is 1. The van der Waals surface area contributed by atoms with E-state index in [0.717, 1.165) is 42.3 Å². The highest BCUT2D eigenvalue weighted by molar-refractivity contribution is 14.1. The number of ether oxygens (including phenoxy) is 2. The molecule has 10 nitrogen and oxygen atoms in total. The Morgan fingerprint density at radius 2 is 1.89 bits per heavy atom. The van der Waals surface area contributed by atoms with Crippen molar-refractivity contribution in [3.63, 3.8) is 0 Å². The quantitative estimate of drug-likeness (QED) is 0.165. The van der Waals surface area contributed by atoms with Crippen LogP contribution in [0.25, 0.3) is 6.08 Å². The number of imide groups is 1.